The largest absolute Gasteiger partial charge is 0.481 e. The second kappa shape index (κ2) is 5.71. The van der Waals surface area contributed by atoms with Crippen molar-refractivity contribution in [3.63, 3.8) is 0 Å². The van der Waals surface area contributed by atoms with Crippen LogP contribution in [-0.2, 0) is 4.79 Å². The maximum Gasteiger partial charge on any atom is 0.257 e. The molecule has 0 spiro atoms. The highest BCUT2D eigenvalue weighted by Crippen LogP contribution is 2.17. The molecule has 0 unspecified atom stereocenters. The Morgan fingerprint density at radius 3 is 2.94 bits per heavy atom. The molecule has 0 saturated carbocycles. The number of benzene rings is 1. The average molecular weight is 222 g/mol. The van der Waals surface area contributed by atoms with E-state index in [9.17, 15) is 9.18 Å². The van der Waals surface area contributed by atoms with E-state index in [1.54, 1.807) is 13.0 Å². The summed E-state index contributed by atoms with van der Waals surface area (Å²) in [7, 11) is 0. The number of nitrogens with zero attached hydrogens (tertiary/aromatic N) is 1. The predicted octanol–water partition coefficient (Wildman–Crippen LogP) is 1.21. The summed E-state index contributed by atoms with van der Waals surface area (Å²) in [6, 6.07) is 5.62. The van der Waals surface area contributed by atoms with E-state index in [2.05, 4.69) is 5.32 Å². The van der Waals surface area contributed by atoms with Crippen molar-refractivity contribution in [2.45, 2.75) is 6.92 Å². The molecule has 0 aromatic heterocycles. The number of hydrogen-bond donors (Lipinski definition) is 1. The third-order valence-corrected chi connectivity index (χ3v) is 1.79. The zero-order valence-electron chi connectivity index (χ0n) is 8.79. The molecule has 16 heavy (non-hydrogen) atoms. The van der Waals surface area contributed by atoms with Gasteiger partial charge < -0.3 is 10.1 Å². The molecule has 0 aliphatic heterocycles. The number of amides is 1. The quantitative estimate of drug-likeness (QED) is 0.832. The lowest BCUT2D eigenvalue weighted by atomic mass is 10.2. The van der Waals surface area contributed by atoms with E-state index in [4.69, 9.17) is 10.00 Å². The van der Waals surface area contributed by atoms with Gasteiger partial charge in [-0.25, -0.2) is 4.39 Å². The van der Waals surface area contributed by atoms with Crippen LogP contribution in [0.15, 0.2) is 18.2 Å². The lowest BCUT2D eigenvalue weighted by Gasteiger charge is -2.06. The van der Waals surface area contributed by atoms with Crippen LogP contribution in [0.2, 0.25) is 0 Å². The smallest absolute Gasteiger partial charge is 0.257 e. The molecule has 0 fully saturated rings. The highest BCUT2D eigenvalue weighted by Gasteiger charge is 2.06. The van der Waals surface area contributed by atoms with E-state index < -0.39 is 5.82 Å². The molecular weight excluding hydrogens is 211 g/mol. The Bertz CT molecular complexity index is 426. The molecule has 1 N–H and O–H groups in total. The average Bonchev–Trinajstić information content (AvgIpc) is 2.27. The molecule has 4 nitrogen and oxygen atoms in total. The second-order valence-electron chi connectivity index (χ2n) is 3.00. The van der Waals surface area contributed by atoms with E-state index in [0.717, 1.165) is 6.07 Å². The Morgan fingerprint density at radius 2 is 2.38 bits per heavy atom. The minimum atomic E-state index is -0.650. The number of likely N-dealkylation sites (N-methyl/N-ethyl adjacent to an activating group) is 1. The van der Waals surface area contributed by atoms with Gasteiger partial charge in [0.15, 0.2) is 18.2 Å². The molecule has 0 radical (unpaired) electrons. The topological polar surface area (TPSA) is 62.1 Å². The van der Waals surface area contributed by atoms with Crippen molar-refractivity contribution in [3.8, 4) is 11.8 Å². The maximum atomic E-state index is 13.3. The van der Waals surface area contributed by atoms with Crippen molar-refractivity contribution in [1.82, 2.24) is 5.32 Å². The first-order valence-corrected chi connectivity index (χ1v) is 4.76. The Labute approximate surface area is 92.6 Å². The molecule has 0 heterocycles. The maximum absolute atomic E-state index is 13.3. The summed E-state index contributed by atoms with van der Waals surface area (Å²) in [5.74, 6) is -1.00. The van der Waals surface area contributed by atoms with Crippen LogP contribution in [0.1, 0.15) is 12.5 Å². The number of ether oxygens (including phenoxy) is 1. The molecule has 0 bridgehead atoms. The van der Waals surface area contributed by atoms with Crippen molar-refractivity contribution in [3.05, 3.63) is 29.6 Å². The van der Waals surface area contributed by atoms with Crippen LogP contribution in [0.5, 0.6) is 5.75 Å². The van der Waals surface area contributed by atoms with Gasteiger partial charge in [-0.1, -0.05) is 0 Å². The monoisotopic (exact) mass is 222 g/mol. The second-order valence-corrected chi connectivity index (χ2v) is 3.00. The van der Waals surface area contributed by atoms with Crippen molar-refractivity contribution < 1.29 is 13.9 Å². The van der Waals surface area contributed by atoms with Crippen LogP contribution in [0.25, 0.3) is 0 Å². The molecule has 1 aromatic rings. The zero-order chi connectivity index (χ0) is 12.0. The van der Waals surface area contributed by atoms with Crippen LogP contribution in [0.3, 0.4) is 0 Å². The standard InChI is InChI=1S/C11H11FN2O2/c1-2-14-11(15)7-16-10-4-3-8(6-13)5-9(10)12/h3-5H,2,7H2,1H3,(H,14,15). The van der Waals surface area contributed by atoms with Crippen LogP contribution < -0.4 is 10.1 Å². The van der Waals surface area contributed by atoms with Gasteiger partial charge in [0.05, 0.1) is 11.6 Å². The van der Waals surface area contributed by atoms with Crippen molar-refractivity contribution in [1.29, 1.82) is 5.26 Å². The Morgan fingerprint density at radius 1 is 1.62 bits per heavy atom. The first-order valence-electron chi connectivity index (χ1n) is 4.76. The van der Waals surface area contributed by atoms with Gasteiger partial charge in [-0.2, -0.15) is 5.26 Å². The lowest BCUT2D eigenvalue weighted by molar-refractivity contribution is -0.123. The SMILES string of the molecule is CCNC(=O)COc1ccc(C#N)cc1F. The number of halogens is 1. The van der Waals surface area contributed by atoms with E-state index in [1.165, 1.54) is 12.1 Å². The zero-order valence-corrected chi connectivity index (χ0v) is 8.79. The third-order valence-electron chi connectivity index (χ3n) is 1.79. The van der Waals surface area contributed by atoms with Crippen LogP contribution >= 0.6 is 0 Å². The number of rotatable bonds is 4. The summed E-state index contributed by atoms with van der Waals surface area (Å²) in [5.41, 5.74) is 0.211. The summed E-state index contributed by atoms with van der Waals surface area (Å²) >= 11 is 0. The fourth-order valence-electron chi connectivity index (χ4n) is 1.08. The Balaban J connectivity index is 2.62. The fourth-order valence-corrected chi connectivity index (χ4v) is 1.08. The van der Waals surface area contributed by atoms with Gasteiger partial charge in [0.2, 0.25) is 0 Å². The molecule has 84 valence electrons. The Hall–Kier alpha value is -2.09. The fraction of sp³-hybridized carbons (Fsp3) is 0.273. The molecule has 5 heteroatoms. The first kappa shape index (κ1) is 12.0. The third kappa shape index (κ3) is 3.24. The minimum absolute atomic E-state index is 0.0368. The van der Waals surface area contributed by atoms with Crippen LogP contribution in [-0.4, -0.2) is 19.1 Å². The normalized spacial score (nSPS) is 9.31. The molecule has 0 aliphatic rings. The summed E-state index contributed by atoms with van der Waals surface area (Å²) in [6.07, 6.45) is 0. The number of nitrogens with one attached hydrogen (secondary N) is 1. The predicted molar refractivity (Wildman–Crippen MR) is 55.3 cm³/mol. The van der Waals surface area contributed by atoms with E-state index in [0.29, 0.717) is 6.54 Å². The molecule has 0 saturated heterocycles. The van der Waals surface area contributed by atoms with Crippen molar-refractivity contribution >= 4 is 5.91 Å². The van der Waals surface area contributed by atoms with Crippen molar-refractivity contribution in [2.24, 2.45) is 0 Å². The summed E-state index contributed by atoms with van der Waals surface area (Å²) in [6.45, 7) is 2.04. The molecule has 1 aromatic carbocycles. The molecule has 1 rings (SSSR count). The summed E-state index contributed by atoms with van der Waals surface area (Å²) in [4.78, 5) is 11.0. The minimum Gasteiger partial charge on any atom is -0.481 e. The highest BCUT2D eigenvalue weighted by molar-refractivity contribution is 5.77. The number of hydrogen-bond acceptors (Lipinski definition) is 3. The summed E-state index contributed by atoms with van der Waals surface area (Å²) < 4.78 is 18.2. The van der Waals surface area contributed by atoms with Gasteiger partial charge in [-0.3, -0.25) is 4.79 Å². The molecule has 0 atom stereocenters. The molecular formula is C11H11FN2O2. The first-order chi connectivity index (χ1) is 7.67. The van der Waals surface area contributed by atoms with E-state index >= 15 is 0 Å². The van der Waals surface area contributed by atoms with Gasteiger partial charge in [-0.05, 0) is 25.1 Å². The highest BCUT2D eigenvalue weighted by atomic mass is 19.1. The van der Waals surface area contributed by atoms with Crippen LogP contribution in [0.4, 0.5) is 4.39 Å². The summed E-state index contributed by atoms with van der Waals surface area (Å²) in [5, 5.41) is 11.0. The van der Waals surface area contributed by atoms with E-state index in [-0.39, 0.29) is 23.8 Å². The number of carbonyl (C=O) groups is 1. The van der Waals surface area contributed by atoms with Gasteiger partial charge in [0.1, 0.15) is 0 Å². The lowest BCUT2D eigenvalue weighted by Crippen LogP contribution is -2.28. The molecule has 0 aliphatic carbocycles. The van der Waals surface area contributed by atoms with Gasteiger partial charge >= 0.3 is 0 Å². The number of carbonyl (C=O) groups excluding carboxylic acids is 1. The Kier molecular flexibility index (Phi) is 4.28. The van der Waals surface area contributed by atoms with Gasteiger partial charge in [-0.15, -0.1) is 0 Å². The van der Waals surface area contributed by atoms with Gasteiger partial charge in [0, 0.05) is 6.54 Å². The molecule has 1 amide bonds. The van der Waals surface area contributed by atoms with Crippen molar-refractivity contribution in [2.75, 3.05) is 13.2 Å². The van der Waals surface area contributed by atoms with Gasteiger partial charge in [0.25, 0.3) is 5.91 Å². The number of nitriles is 1. The van der Waals surface area contributed by atoms with E-state index in [1.807, 2.05) is 0 Å². The van der Waals surface area contributed by atoms with Crippen LogP contribution in [0, 0.1) is 17.1 Å².